The van der Waals surface area contributed by atoms with Gasteiger partial charge in [-0.2, -0.15) is 0 Å². The molecule has 0 amide bonds. The van der Waals surface area contributed by atoms with Crippen molar-refractivity contribution in [1.82, 2.24) is 0 Å². The smallest absolute Gasteiger partial charge is 0.0876 e. The fourth-order valence-corrected chi connectivity index (χ4v) is 3.00. The highest BCUT2D eigenvalue weighted by atomic mass is 16.6. The Kier molecular flexibility index (Phi) is 1.86. The van der Waals surface area contributed by atoms with Gasteiger partial charge in [0.05, 0.1) is 5.60 Å². The topological polar surface area (TPSA) is 35.2 Å². The second-order valence-corrected chi connectivity index (χ2v) is 5.60. The van der Waals surface area contributed by atoms with Gasteiger partial charge in [-0.25, -0.2) is 5.90 Å². The molecule has 0 aromatic carbocycles. The summed E-state index contributed by atoms with van der Waals surface area (Å²) in [7, 11) is 0. The third kappa shape index (κ3) is 1.01. The average molecular weight is 171 g/mol. The van der Waals surface area contributed by atoms with Crippen molar-refractivity contribution in [1.29, 1.82) is 0 Å². The zero-order valence-electron chi connectivity index (χ0n) is 9.06. The predicted octanol–water partition coefficient (Wildman–Crippen LogP) is 2.34. The molecule has 0 radical (unpaired) electrons. The summed E-state index contributed by atoms with van der Waals surface area (Å²) in [5.41, 5.74) is 0.485. The van der Waals surface area contributed by atoms with Gasteiger partial charge in [-0.1, -0.05) is 27.7 Å². The molecule has 0 aromatic heterocycles. The first-order valence-corrected chi connectivity index (χ1v) is 4.56. The van der Waals surface area contributed by atoms with E-state index >= 15 is 0 Å². The van der Waals surface area contributed by atoms with Crippen molar-refractivity contribution in [3.8, 4) is 0 Å². The molecule has 0 unspecified atom stereocenters. The van der Waals surface area contributed by atoms with Gasteiger partial charge in [0.1, 0.15) is 0 Å². The molecule has 0 heterocycles. The van der Waals surface area contributed by atoms with Crippen LogP contribution in [0.25, 0.3) is 0 Å². The Labute approximate surface area is 75.4 Å². The van der Waals surface area contributed by atoms with E-state index in [0.29, 0.717) is 16.7 Å². The van der Waals surface area contributed by atoms with Gasteiger partial charge < -0.3 is 0 Å². The van der Waals surface area contributed by atoms with Gasteiger partial charge in [0.25, 0.3) is 0 Å². The minimum absolute atomic E-state index is 0.201. The molecular weight excluding hydrogens is 150 g/mol. The van der Waals surface area contributed by atoms with E-state index in [1.807, 2.05) is 0 Å². The highest BCUT2D eigenvalue weighted by molar-refractivity contribution is 5.17. The summed E-state index contributed by atoms with van der Waals surface area (Å²) >= 11 is 0. The summed E-state index contributed by atoms with van der Waals surface area (Å²) in [6.45, 7) is 13.2. The van der Waals surface area contributed by atoms with Gasteiger partial charge in [-0.05, 0) is 24.7 Å². The molecule has 1 rings (SSSR count). The SMILES string of the molecule is CC(C)(ON)C1C(C)(C)C1(C)C. The molecule has 0 aliphatic heterocycles. The van der Waals surface area contributed by atoms with Crippen LogP contribution in [0, 0.1) is 16.7 Å². The molecule has 0 bridgehead atoms. The summed E-state index contributed by atoms with van der Waals surface area (Å²) in [6, 6.07) is 0. The van der Waals surface area contributed by atoms with Crippen molar-refractivity contribution in [3.05, 3.63) is 0 Å². The second kappa shape index (κ2) is 2.24. The maximum absolute atomic E-state index is 5.29. The molecule has 0 aromatic rings. The number of rotatable bonds is 2. The van der Waals surface area contributed by atoms with Crippen LogP contribution in [0.4, 0.5) is 0 Å². The van der Waals surface area contributed by atoms with Crippen LogP contribution in [0.1, 0.15) is 41.5 Å². The number of hydrogen-bond donors (Lipinski definition) is 1. The lowest BCUT2D eigenvalue weighted by molar-refractivity contribution is -0.0488. The Hall–Kier alpha value is -0.0800. The standard InChI is InChI=1S/C10H21NO/c1-8(2)7(9(8,3)4)10(5,6)12-11/h7H,11H2,1-6H3. The molecule has 1 aliphatic carbocycles. The fraction of sp³-hybridized carbons (Fsp3) is 1.00. The van der Waals surface area contributed by atoms with E-state index in [1.54, 1.807) is 0 Å². The van der Waals surface area contributed by atoms with E-state index in [9.17, 15) is 0 Å². The highest BCUT2D eigenvalue weighted by Gasteiger charge is 2.70. The van der Waals surface area contributed by atoms with Crippen LogP contribution in [-0.2, 0) is 4.84 Å². The minimum Gasteiger partial charge on any atom is -0.298 e. The third-order valence-corrected chi connectivity index (χ3v) is 4.02. The van der Waals surface area contributed by atoms with Gasteiger partial charge in [0, 0.05) is 5.92 Å². The van der Waals surface area contributed by atoms with E-state index in [1.165, 1.54) is 0 Å². The first kappa shape index (κ1) is 10.0. The average Bonchev–Trinajstić information content (AvgIpc) is 2.25. The molecule has 0 spiro atoms. The lowest BCUT2D eigenvalue weighted by Gasteiger charge is -2.24. The van der Waals surface area contributed by atoms with Gasteiger partial charge in [-0.15, -0.1) is 0 Å². The van der Waals surface area contributed by atoms with Crippen molar-refractivity contribution < 1.29 is 4.84 Å². The van der Waals surface area contributed by atoms with Crippen molar-refractivity contribution in [2.75, 3.05) is 0 Å². The molecule has 72 valence electrons. The minimum atomic E-state index is -0.201. The predicted molar refractivity (Wildman–Crippen MR) is 50.4 cm³/mol. The molecular formula is C10H21NO. The summed E-state index contributed by atoms with van der Waals surface area (Å²) in [5.74, 6) is 5.83. The highest BCUT2D eigenvalue weighted by Crippen LogP contribution is 2.72. The fourth-order valence-electron chi connectivity index (χ4n) is 3.00. The van der Waals surface area contributed by atoms with Crippen molar-refractivity contribution in [2.24, 2.45) is 22.6 Å². The van der Waals surface area contributed by atoms with E-state index in [-0.39, 0.29) is 5.60 Å². The quantitative estimate of drug-likeness (QED) is 0.647. The van der Waals surface area contributed by atoms with Crippen LogP contribution < -0.4 is 5.90 Å². The van der Waals surface area contributed by atoms with Crippen LogP contribution in [0.3, 0.4) is 0 Å². The molecule has 0 saturated heterocycles. The Balaban J connectivity index is 2.84. The van der Waals surface area contributed by atoms with E-state index in [0.717, 1.165) is 0 Å². The molecule has 1 saturated carbocycles. The first-order chi connectivity index (χ1) is 5.18. The molecule has 12 heavy (non-hydrogen) atoms. The van der Waals surface area contributed by atoms with Crippen molar-refractivity contribution in [2.45, 2.75) is 47.1 Å². The molecule has 1 fully saturated rings. The maximum Gasteiger partial charge on any atom is 0.0876 e. The van der Waals surface area contributed by atoms with E-state index < -0.39 is 0 Å². The Morgan fingerprint density at radius 3 is 1.50 bits per heavy atom. The summed E-state index contributed by atoms with van der Waals surface area (Å²) in [4.78, 5) is 5.03. The van der Waals surface area contributed by atoms with E-state index in [2.05, 4.69) is 41.5 Å². The zero-order chi connectivity index (χ0) is 9.78. The largest absolute Gasteiger partial charge is 0.298 e. The molecule has 0 atom stereocenters. The van der Waals surface area contributed by atoms with Crippen LogP contribution in [0.5, 0.6) is 0 Å². The van der Waals surface area contributed by atoms with Crippen LogP contribution in [0.2, 0.25) is 0 Å². The number of hydrogen-bond acceptors (Lipinski definition) is 2. The Morgan fingerprint density at radius 1 is 1.08 bits per heavy atom. The van der Waals surface area contributed by atoms with Gasteiger partial charge in [-0.3, -0.25) is 4.84 Å². The summed E-state index contributed by atoms with van der Waals surface area (Å²) < 4.78 is 0. The monoisotopic (exact) mass is 171 g/mol. The summed E-state index contributed by atoms with van der Waals surface area (Å²) in [6.07, 6.45) is 0. The van der Waals surface area contributed by atoms with Crippen LogP contribution in [-0.4, -0.2) is 5.60 Å². The first-order valence-electron chi connectivity index (χ1n) is 4.56. The zero-order valence-corrected chi connectivity index (χ0v) is 9.06. The molecule has 2 nitrogen and oxygen atoms in total. The lowest BCUT2D eigenvalue weighted by atomic mass is 9.96. The normalized spacial score (nSPS) is 27.2. The van der Waals surface area contributed by atoms with Crippen molar-refractivity contribution in [3.63, 3.8) is 0 Å². The van der Waals surface area contributed by atoms with Crippen LogP contribution in [0.15, 0.2) is 0 Å². The summed E-state index contributed by atoms with van der Waals surface area (Å²) in [5, 5.41) is 0. The molecule has 2 heteroatoms. The lowest BCUT2D eigenvalue weighted by Crippen LogP contribution is -2.33. The Bertz CT molecular complexity index is 180. The van der Waals surface area contributed by atoms with Gasteiger partial charge >= 0.3 is 0 Å². The maximum atomic E-state index is 5.29. The van der Waals surface area contributed by atoms with Gasteiger partial charge in [0.15, 0.2) is 0 Å². The number of nitrogens with two attached hydrogens (primary N) is 1. The Morgan fingerprint density at radius 2 is 1.42 bits per heavy atom. The van der Waals surface area contributed by atoms with Crippen LogP contribution >= 0.6 is 0 Å². The van der Waals surface area contributed by atoms with Gasteiger partial charge in [0.2, 0.25) is 0 Å². The second-order valence-electron chi connectivity index (χ2n) is 5.60. The third-order valence-electron chi connectivity index (χ3n) is 4.02. The molecule has 1 aliphatic rings. The molecule has 2 N–H and O–H groups in total. The van der Waals surface area contributed by atoms with Crippen molar-refractivity contribution >= 4 is 0 Å². The van der Waals surface area contributed by atoms with E-state index in [4.69, 9.17) is 10.7 Å².